The van der Waals surface area contributed by atoms with E-state index in [-0.39, 0.29) is 24.6 Å². The second-order valence-electron chi connectivity index (χ2n) is 11.9. The van der Waals surface area contributed by atoms with E-state index >= 15 is 0 Å². The van der Waals surface area contributed by atoms with Gasteiger partial charge in [0.15, 0.2) is 0 Å². The van der Waals surface area contributed by atoms with Gasteiger partial charge in [-0.2, -0.15) is 0 Å². The van der Waals surface area contributed by atoms with E-state index in [2.05, 4.69) is 17.2 Å². The molecule has 3 N–H and O–H groups in total. The van der Waals surface area contributed by atoms with Gasteiger partial charge in [-0.25, -0.2) is 4.79 Å². The van der Waals surface area contributed by atoms with Gasteiger partial charge < -0.3 is 25.4 Å². The summed E-state index contributed by atoms with van der Waals surface area (Å²) in [4.78, 5) is 42.3. The van der Waals surface area contributed by atoms with Crippen molar-refractivity contribution in [1.29, 1.82) is 0 Å². The number of carbonyl (C=O) groups excluding carboxylic acids is 3. The van der Waals surface area contributed by atoms with E-state index in [1.54, 1.807) is 39.0 Å². The van der Waals surface area contributed by atoms with Crippen LogP contribution in [0, 0.1) is 13.8 Å². The van der Waals surface area contributed by atoms with Crippen LogP contribution in [0.2, 0.25) is 0 Å². The van der Waals surface area contributed by atoms with Crippen LogP contribution in [0.4, 0.5) is 4.79 Å². The summed E-state index contributed by atoms with van der Waals surface area (Å²) in [5.74, 6) is -0.722. The van der Waals surface area contributed by atoms with E-state index in [9.17, 15) is 19.5 Å². The number of benzene rings is 2. The van der Waals surface area contributed by atoms with Crippen LogP contribution in [-0.4, -0.2) is 51.6 Å². The molecule has 0 heterocycles. The molecule has 2 atom stereocenters. The van der Waals surface area contributed by atoms with Crippen LogP contribution in [0.15, 0.2) is 55.1 Å². The number of aromatic hydroxyl groups is 1. The quantitative estimate of drug-likeness (QED) is 0.385. The Morgan fingerprint density at radius 2 is 1.64 bits per heavy atom. The minimum absolute atomic E-state index is 0.0660. The molecule has 0 aliphatic rings. The molecule has 0 aliphatic heterocycles. The molecule has 8 nitrogen and oxygen atoms in total. The van der Waals surface area contributed by atoms with E-state index in [1.165, 1.54) is 17.0 Å². The van der Waals surface area contributed by atoms with Crippen LogP contribution < -0.4 is 10.6 Å². The van der Waals surface area contributed by atoms with Crippen molar-refractivity contribution in [3.05, 3.63) is 77.4 Å². The minimum atomic E-state index is -1.06. The van der Waals surface area contributed by atoms with Gasteiger partial charge in [0.1, 0.15) is 23.4 Å². The number of alkyl carbamates (subject to hydrolysis) is 1. The van der Waals surface area contributed by atoms with Crippen LogP contribution >= 0.6 is 0 Å². The fraction of sp³-hybridized carbons (Fsp3) is 0.452. The molecule has 2 rings (SSSR count). The molecule has 8 heteroatoms. The van der Waals surface area contributed by atoms with Gasteiger partial charge in [0.2, 0.25) is 11.8 Å². The summed E-state index contributed by atoms with van der Waals surface area (Å²) in [5.41, 5.74) is 1.88. The number of nitrogens with zero attached hydrogens (tertiary/aromatic N) is 1. The molecule has 2 unspecified atom stereocenters. The average molecular weight is 538 g/mol. The van der Waals surface area contributed by atoms with Crippen LogP contribution in [0.5, 0.6) is 5.75 Å². The van der Waals surface area contributed by atoms with Gasteiger partial charge in [0, 0.05) is 18.5 Å². The van der Waals surface area contributed by atoms with Gasteiger partial charge in [-0.1, -0.05) is 42.0 Å². The molecule has 2 aromatic carbocycles. The largest absolute Gasteiger partial charge is 0.508 e. The molecular weight excluding hydrogens is 494 g/mol. The lowest BCUT2D eigenvalue weighted by Crippen LogP contribution is -2.55. The Hall–Kier alpha value is -3.81. The van der Waals surface area contributed by atoms with Crippen molar-refractivity contribution in [2.45, 2.75) is 85.0 Å². The van der Waals surface area contributed by atoms with Crippen molar-refractivity contribution in [3.8, 4) is 5.75 Å². The van der Waals surface area contributed by atoms with Crippen molar-refractivity contribution in [2.75, 3.05) is 6.54 Å². The topological polar surface area (TPSA) is 108 Å². The summed E-state index contributed by atoms with van der Waals surface area (Å²) in [5, 5.41) is 15.4. The van der Waals surface area contributed by atoms with Crippen molar-refractivity contribution in [1.82, 2.24) is 15.5 Å². The molecule has 0 bridgehead atoms. The number of ether oxygens (including phenoxy) is 1. The average Bonchev–Trinajstić information content (AvgIpc) is 2.79. The van der Waals surface area contributed by atoms with E-state index in [1.807, 2.05) is 52.8 Å². The molecule has 0 aliphatic carbocycles. The van der Waals surface area contributed by atoms with Crippen LogP contribution in [0.3, 0.4) is 0 Å². The second-order valence-corrected chi connectivity index (χ2v) is 11.9. The standard InChI is InChI=1S/C31H43N3O5/c1-10-17-34(26(27(36)33-30(4,5)6)24-18-20(2)11-12-21(24)3)28(37)25(32-29(38)39-31(7,8)9)19-22-13-15-23(35)16-14-22/h10-16,18,25-26,35H,1,17,19H2,2-9H3,(H,32,38)(H,33,36). The third kappa shape index (κ3) is 9.78. The lowest BCUT2D eigenvalue weighted by Gasteiger charge is -2.36. The van der Waals surface area contributed by atoms with E-state index in [4.69, 9.17) is 4.74 Å². The van der Waals surface area contributed by atoms with Crippen molar-refractivity contribution < 1.29 is 24.2 Å². The molecule has 0 fully saturated rings. The molecule has 212 valence electrons. The zero-order chi connectivity index (χ0) is 29.5. The normalized spacial score (nSPS) is 13.1. The molecule has 0 saturated heterocycles. The first-order valence-corrected chi connectivity index (χ1v) is 13.1. The fourth-order valence-corrected chi connectivity index (χ4v) is 4.12. The molecule has 39 heavy (non-hydrogen) atoms. The zero-order valence-electron chi connectivity index (χ0n) is 24.4. The van der Waals surface area contributed by atoms with Crippen LogP contribution in [0.1, 0.15) is 69.8 Å². The van der Waals surface area contributed by atoms with E-state index in [0.29, 0.717) is 11.1 Å². The van der Waals surface area contributed by atoms with Gasteiger partial charge >= 0.3 is 6.09 Å². The predicted molar refractivity (Wildman–Crippen MR) is 153 cm³/mol. The zero-order valence-corrected chi connectivity index (χ0v) is 24.4. The Labute approximate surface area is 232 Å². The highest BCUT2D eigenvalue weighted by molar-refractivity contribution is 5.93. The Bertz CT molecular complexity index is 1180. The van der Waals surface area contributed by atoms with Crippen LogP contribution in [0.25, 0.3) is 0 Å². The molecule has 3 amide bonds. The summed E-state index contributed by atoms with van der Waals surface area (Å²) in [7, 11) is 0. The highest BCUT2D eigenvalue weighted by Gasteiger charge is 2.37. The Morgan fingerprint density at radius 1 is 1.03 bits per heavy atom. The number of hydrogen-bond donors (Lipinski definition) is 3. The maximum atomic E-state index is 14.3. The summed E-state index contributed by atoms with van der Waals surface area (Å²) < 4.78 is 5.45. The Balaban J connectivity index is 2.61. The second kappa shape index (κ2) is 12.8. The molecule has 2 aromatic rings. The SMILES string of the molecule is C=CCN(C(=O)C(Cc1ccc(O)cc1)NC(=O)OC(C)(C)C)C(C(=O)NC(C)(C)C)c1cc(C)ccc1C. The number of rotatable bonds is 9. The fourth-order valence-electron chi connectivity index (χ4n) is 4.12. The van der Waals surface area contributed by atoms with Crippen molar-refractivity contribution in [2.24, 2.45) is 0 Å². The molecule has 0 aromatic heterocycles. The number of phenols is 1. The molecule has 0 saturated carbocycles. The summed E-state index contributed by atoms with van der Waals surface area (Å²) >= 11 is 0. The van der Waals surface area contributed by atoms with Gasteiger partial charge in [-0.3, -0.25) is 9.59 Å². The first-order valence-electron chi connectivity index (χ1n) is 13.1. The lowest BCUT2D eigenvalue weighted by atomic mass is 9.94. The third-order valence-electron chi connectivity index (χ3n) is 5.76. The minimum Gasteiger partial charge on any atom is -0.508 e. The number of hydrogen-bond acceptors (Lipinski definition) is 5. The van der Waals surface area contributed by atoms with Crippen molar-refractivity contribution in [3.63, 3.8) is 0 Å². The van der Waals surface area contributed by atoms with Crippen molar-refractivity contribution >= 4 is 17.9 Å². The number of phenolic OH excluding ortho intramolecular Hbond substituents is 1. The van der Waals surface area contributed by atoms with Gasteiger partial charge in [-0.05, 0) is 84.2 Å². The Morgan fingerprint density at radius 3 is 2.18 bits per heavy atom. The first-order chi connectivity index (χ1) is 18.0. The third-order valence-corrected chi connectivity index (χ3v) is 5.76. The number of carbonyl (C=O) groups is 3. The number of nitrogens with one attached hydrogen (secondary N) is 2. The monoisotopic (exact) mass is 537 g/mol. The summed E-state index contributed by atoms with van der Waals surface area (Å²) in [6.07, 6.45) is 0.929. The molecule has 0 radical (unpaired) electrons. The number of aryl methyl sites for hydroxylation is 2. The molecule has 0 spiro atoms. The van der Waals surface area contributed by atoms with Crippen LogP contribution in [-0.2, 0) is 20.7 Å². The maximum Gasteiger partial charge on any atom is 0.408 e. The summed E-state index contributed by atoms with van der Waals surface area (Å²) in [6, 6.07) is 10.1. The number of amides is 3. The van der Waals surface area contributed by atoms with Gasteiger partial charge in [0.25, 0.3) is 0 Å². The molecular formula is C31H43N3O5. The van der Waals surface area contributed by atoms with E-state index < -0.39 is 35.2 Å². The maximum absolute atomic E-state index is 14.3. The highest BCUT2D eigenvalue weighted by Crippen LogP contribution is 2.28. The Kier molecular flexibility index (Phi) is 10.3. The van der Waals surface area contributed by atoms with Gasteiger partial charge in [-0.15, -0.1) is 6.58 Å². The first kappa shape index (κ1) is 31.4. The highest BCUT2D eigenvalue weighted by atomic mass is 16.6. The predicted octanol–water partition coefficient (Wildman–Crippen LogP) is 5.12. The smallest absolute Gasteiger partial charge is 0.408 e. The van der Waals surface area contributed by atoms with E-state index in [0.717, 1.165) is 11.1 Å². The lowest BCUT2D eigenvalue weighted by molar-refractivity contribution is -0.142. The summed E-state index contributed by atoms with van der Waals surface area (Å²) in [6.45, 7) is 18.6. The van der Waals surface area contributed by atoms with Gasteiger partial charge in [0.05, 0.1) is 0 Å².